The average Bonchev–Trinajstić information content (AvgIpc) is 2.25. The van der Waals surface area contributed by atoms with Crippen LogP contribution in [0.15, 0.2) is 27.5 Å². The summed E-state index contributed by atoms with van der Waals surface area (Å²) in [6, 6.07) is 5.43. The van der Waals surface area contributed by atoms with Gasteiger partial charge >= 0.3 is 0 Å². The molecule has 0 aliphatic carbocycles. The molecule has 1 aromatic heterocycles. The molecule has 0 fully saturated rings. The van der Waals surface area contributed by atoms with Gasteiger partial charge in [-0.25, -0.2) is 4.98 Å². The summed E-state index contributed by atoms with van der Waals surface area (Å²) in [7, 11) is 3.28. The summed E-state index contributed by atoms with van der Waals surface area (Å²) in [6.45, 7) is 0.328. The normalized spacial score (nSPS) is 10.9. The van der Waals surface area contributed by atoms with Gasteiger partial charge in [-0.2, -0.15) is 0 Å². The summed E-state index contributed by atoms with van der Waals surface area (Å²) in [4.78, 5) is 16.4. The zero-order valence-corrected chi connectivity index (χ0v) is 10.6. The number of nitrogens with zero attached hydrogens (tertiary/aromatic N) is 2. The Hall–Kier alpha value is -1.20. The van der Waals surface area contributed by atoms with Crippen molar-refractivity contribution in [1.29, 1.82) is 0 Å². The third-order valence-electron chi connectivity index (χ3n) is 2.40. The molecule has 84 valence electrons. The van der Waals surface area contributed by atoms with E-state index in [2.05, 4.69) is 20.9 Å². The molecule has 0 spiro atoms. The molecule has 0 bridgehead atoms. The average molecular weight is 283 g/mol. The van der Waals surface area contributed by atoms with E-state index in [0.29, 0.717) is 23.3 Å². The molecule has 16 heavy (non-hydrogen) atoms. The fourth-order valence-corrected chi connectivity index (χ4v) is 1.90. The molecule has 0 saturated heterocycles. The van der Waals surface area contributed by atoms with E-state index in [1.165, 1.54) is 4.57 Å². The van der Waals surface area contributed by atoms with Gasteiger partial charge in [-0.3, -0.25) is 9.36 Å². The number of hydrogen-bond donors (Lipinski definition) is 0. The lowest BCUT2D eigenvalue weighted by molar-refractivity contribution is 0.174. The van der Waals surface area contributed by atoms with Gasteiger partial charge in [-0.15, -0.1) is 0 Å². The Balaban J connectivity index is 2.78. The molecular formula is C11H11BrN2O2. The van der Waals surface area contributed by atoms with Crippen LogP contribution in [-0.4, -0.2) is 16.7 Å². The van der Waals surface area contributed by atoms with Crippen LogP contribution in [0.25, 0.3) is 10.9 Å². The molecule has 0 amide bonds. The largest absolute Gasteiger partial charge is 0.377 e. The highest BCUT2D eigenvalue weighted by molar-refractivity contribution is 9.10. The van der Waals surface area contributed by atoms with Crippen molar-refractivity contribution in [2.24, 2.45) is 7.05 Å². The second kappa shape index (κ2) is 4.35. The van der Waals surface area contributed by atoms with Gasteiger partial charge in [0.2, 0.25) is 0 Å². The molecule has 0 saturated carbocycles. The molecule has 0 aliphatic heterocycles. The molecule has 2 aromatic rings. The van der Waals surface area contributed by atoms with Crippen molar-refractivity contribution in [3.63, 3.8) is 0 Å². The van der Waals surface area contributed by atoms with Crippen LogP contribution in [0.2, 0.25) is 0 Å². The van der Waals surface area contributed by atoms with Gasteiger partial charge in [-0.05, 0) is 18.2 Å². The Bertz CT molecular complexity index is 592. The Morgan fingerprint density at radius 2 is 2.25 bits per heavy atom. The summed E-state index contributed by atoms with van der Waals surface area (Å²) in [5.74, 6) is 0.623. The Morgan fingerprint density at radius 1 is 1.50 bits per heavy atom. The van der Waals surface area contributed by atoms with Gasteiger partial charge in [0, 0.05) is 18.6 Å². The molecule has 1 aromatic carbocycles. The summed E-state index contributed by atoms with van der Waals surface area (Å²) >= 11 is 3.36. The number of benzene rings is 1. The smallest absolute Gasteiger partial charge is 0.261 e. The molecular weight excluding hydrogens is 272 g/mol. The standard InChI is InChI=1S/C11H11BrN2O2/c1-14-10(6-16-2)13-9-5-7(12)3-4-8(9)11(14)15/h3-5H,6H2,1-2H3. The third-order valence-corrected chi connectivity index (χ3v) is 2.90. The van der Waals surface area contributed by atoms with Crippen LogP contribution in [0.5, 0.6) is 0 Å². The predicted octanol–water partition coefficient (Wildman–Crippen LogP) is 1.84. The lowest BCUT2D eigenvalue weighted by Gasteiger charge is -2.08. The minimum Gasteiger partial charge on any atom is -0.377 e. The van der Waals surface area contributed by atoms with Crippen molar-refractivity contribution in [2.75, 3.05) is 7.11 Å². The molecule has 0 aliphatic rings. The number of ether oxygens (including phenoxy) is 1. The van der Waals surface area contributed by atoms with E-state index >= 15 is 0 Å². The van der Waals surface area contributed by atoms with Crippen LogP contribution >= 0.6 is 15.9 Å². The van der Waals surface area contributed by atoms with E-state index in [0.717, 1.165) is 4.47 Å². The third kappa shape index (κ3) is 1.88. The van der Waals surface area contributed by atoms with E-state index in [9.17, 15) is 4.79 Å². The Labute approximate surface area is 101 Å². The molecule has 1 heterocycles. The number of rotatable bonds is 2. The SMILES string of the molecule is COCc1nc2cc(Br)ccc2c(=O)n1C. The first-order valence-electron chi connectivity index (χ1n) is 4.77. The minimum atomic E-state index is -0.0513. The highest BCUT2D eigenvalue weighted by Crippen LogP contribution is 2.15. The highest BCUT2D eigenvalue weighted by atomic mass is 79.9. The summed E-state index contributed by atoms with van der Waals surface area (Å²) < 4.78 is 7.43. The van der Waals surface area contributed by atoms with Crippen LogP contribution in [0.4, 0.5) is 0 Å². The van der Waals surface area contributed by atoms with Crippen molar-refractivity contribution in [1.82, 2.24) is 9.55 Å². The van der Waals surface area contributed by atoms with Gasteiger partial charge in [-0.1, -0.05) is 15.9 Å². The maximum Gasteiger partial charge on any atom is 0.261 e. The molecule has 0 unspecified atom stereocenters. The molecule has 0 N–H and O–H groups in total. The Kier molecular flexibility index (Phi) is 3.07. The Morgan fingerprint density at radius 3 is 2.94 bits per heavy atom. The van der Waals surface area contributed by atoms with E-state index in [1.54, 1.807) is 20.2 Å². The van der Waals surface area contributed by atoms with Crippen molar-refractivity contribution < 1.29 is 4.74 Å². The fourth-order valence-electron chi connectivity index (χ4n) is 1.55. The van der Waals surface area contributed by atoms with E-state index < -0.39 is 0 Å². The molecule has 0 radical (unpaired) electrons. The maximum atomic E-state index is 12.0. The topological polar surface area (TPSA) is 44.1 Å². The van der Waals surface area contributed by atoms with Crippen molar-refractivity contribution >= 4 is 26.8 Å². The van der Waals surface area contributed by atoms with E-state index in [1.807, 2.05) is 12.1 Å². The number of fused-ring (bicyclic) bond motifs is 1. The summed E-state index contributed by atoms with van der Waals surface area (Å²) in [5, 5.41) is 0.616. The number of methoxy groups -OCH3 is 1. The lowest BCUT2D eigenvalue weighted by Crippen LogP contribution is -2.22. The second-order valence-electron chi connectivity index (χ2n) is 3.49. The van der Waals surface area contributed by atoms with Crippen LogP contribution < -0.4 is 5.56 Å². The maximum absolute atomic E-state index is 12.0. The van der Waals surface area contributed by atoms with Crippen LogP contribution in [0, 0.1) is 0 Å². The van der Waals surface area contributed by atoms with E-state index in [4.69, 9.17) is 4.74 Å². The minimum absolute atomic E-state index is 0.0513. The lowest BCUT2D eigenvalue weighted by atomic mass is 10.2. The predicted molar refractivity (Wildman–Crippen MR) is 65.4 cm³/mol. The van der Waals surface area contributed by atoms with Crippen LogP contribution in [-0.2, 0) is 18.4 Å². The molecule has 2 rings (SSSR count). The van der Waals surface area contributed by atoms with Gasteiger partial charge in [0.1, 0.15) is 12.4 Å². The van der Waals surface area contributed by atoms with E-state index in [-0.39, 0.29) is 5.56 Å². The van der Waals surface area contributed by atoms with Crippen LogP contribution in [0.3, 0.4) is 0 Å². The van der Waals surface area contributed by atoms with Crippen molar-refractivity contribution in [3.8, 4) is 0 Å². The molecule has 0 atom stereocenters. The quantitative estimate of drug-likeness (QED) is 0.844. The number of aromatic nitrogens is 2. The van der Waals surface area contributed by atoms with Crippen LogP contribution in [0.1, 0.15) is 5.82 Å². The summed E-state index contributed by atoms with van der Waals surface area (Å²) in [6.07, 6.45) is 0. The molecule has 5 heteroatoms. The van der Waals surface area contributed by atoms with Gasteiger partial charge in [0.15, 0.2) is 0 Å². The van der Waals surface area contributed by atoms with Gasteiger partial charge < -0.3 is 4.74 Å². The zero-order valence-electron chi connectivity index (χ0n) is 9.03. The van der Waals surface area contributed by atoms with Crippen molar-refractivity contribution in [2.45, 2.75) is 6.61 Å². The second-order valence-corrected chi connectivity index (χ2v) is 4.40. The molecule has 4 nitrogen and oxygen atoms in total. The van der Waals surface area contributed by atoms with Gasteiger partial charge in [0.05, 0.1) is 10.9 Å². The number of hydrogen-bond acceptors (Lipinski definition) is 3. The highest BCUT2D eigenvalue weighted by Gasteiger charge is 2.07. The van der Waals surface area contributed by atoms with Gasteiger partial charge in [0.25, 0.3) is 5.56 Å². The summed E-state index contributed by atoms with van der Waals surface area (Å²) in [5.41, 5.74) is 0.633. The zero-order chi connectivity index (χ0) is 11.7. The first-order valence-corrected chi connectivity index (χ1v) is 5.57. The first-order chi connectivity index (χ1) is 7.63. The first kappa shape index (κ1) is 11.3. The monoisotopic (exact) mass is 282 g/mol. The number of halogens is 1. The van der Waals surface area contributed by atoms with Crippen molar-refractivity contribution in [3.05, 3.63) is 38.9 Å². The fraction of sp³-hybridized carbons (Fsp3) is 0.273.